The molecule has 0 aliphatic heterocycles. The van der Waals surface area contributed by atoms with Crippen molar-refractivity contribution < 1.29 is 14.7 Å². The van der Waals surface area contributed by atoms with Crippen LogP contribution in [0.25, 0.3) is 0 Å². The van der Waals surface area contributed by atoms with Crippen molar-refractivity contribution in [2.24, 2.45) is 5.92 Å². The third kappa shape index (κ3) is 4.47. The Morgan fingerprint density at radius 1 is 1.21 bits per heavy atom. The fourth-order valence-electron chi connectivity index (χ4n) is 2.77. The molecule has 0 spiro atoms. The summed E-state index contributed by atoms with van der Waals surface area (Å²) < 4.78 is 2.12. The molecule has 1 aromatic carbocycles. The van der Waals surface area contributed by atoms with E-state index in [1.165, 1.54) is 5.56 Å². The average Bonchev–Trinajstić information content (AvgIpc) is 2.81. The van der Waals surface area contributed by atoms with Crippen molar-refractivity contribution in [3.8, 4) is 0 Å². The Morgan fingerprint density at radius 3 is 2.50 bits per heavy atom. The number of aromatic nitrogens is 1. The molecule has 1 atom stereocenters. The number of carboxylic acid groups (broad SMARTS) is 1. The van der Waals surface area contributed by atoms with Crippen LogP contribution in [-0.2, 0) is 11.3 Å². The van der Waals surface area contributed by atoms with Gasteiger partial charge in [0.25, 0.3) is 5.91 Å². The minimum Gasteiger partial charge on any atom is -0.481 e. The van der Waals surface area contributed by atoms with Gasteiger partial charge in [-0.3, -0.25) is 9.59 Å². The first-order valence-electron chi connectivity index (χ1n) is 8.09. The van der Waals surface area contributed by atoms with Gasteiger partial charge in [0.05, 0.1) is 5.56 Å². The number of benzene rings is 1. The lowest BCUT2D eigenvalue weighted by Gasteiger charge is -2.12. The van der Waals surface area contributed by atoms with Gasteiger partial charge in [0.1, 0.15) is 0 Å². The Balaban J connectivity index is 2.07. The maximum absolute atomic E-state index is 12.4. The highest BCUT2D eigenvalue weighted by molar-refractivity contribution is 5.95. The van der Waals surface area contributed by atoms with Crippen molar-refractivity contribution in [1.82, 2.24) is 9.88 Å². The molecule has 24 heavy (non-hydrogen) atoms. The molecule has 5 heteroatoms. The van der Waals surface area contributed by atoms with Crippen LogP contribution in [0.1, 0.15) is 40.7 Å². The lowest BCUT2D eigenvalue weighted by atomic mass is 10.1. The first-order chi connectivity index (χ1) is 11.4. The molecule has 1 amide bonds. The molecule has 0 radical (unpaired) electrons. The van der Waals surface area contributed by atoms with Crippen LogP contribution >= 0.6 is 0 Å². The second-order valence-corrected chi connectivity index (χ2v) is 6.27. The predicted molar refractivity (Wildman–Crippen MR) is 93.2 cm³/mol. The van der Waals surface area contributed by atoms with E-state index in [4.69, 9.17) is 5.11 Å². The van der Waals surface area contributed by atoms with Crippen molar-refractivity contribution in [3.05, 3.63) is 58.9 Å². The number of nitrogens with one attached hydrogen (secondary N) is 1. The molecule has 0 saturated heterocycles. The normalized spacial score (nSPS) is 12.0. The highest BCUT2D eigenvalue weighted by atomic mass is 16.4. The number of nitrogens with zero attached hydrogens (tertiary/aromatic N) is 1. The summed E-state index contributed by atoms with van der Waals surface area (Å²) in [6.45, 7) is 6.81. The van der Waals surface area contributed by atoms with Gasteiger partial charge in [-0.25, -0.2) is 0 Å². The molecule has 1 unspecified atom stereocenters. The third-order valence-corrected chi connectivity index (χ3v) is 4.14. The largest absolute Gasteiger partial charge is 0.481 e. The van der Waals surface area contributed by atoms with Gasteiger partial charge in [-0.05, 0) is 31.4 Å². The maximum Gasteiger partial charge on any atom is 0.303 e. The zero-order chi connectivity index (χ0) is 17.7. The molecule has 5 nitrogen and oxygen atoms in total. The summed E-state index contributed by atoms with van der Waals surface area (Å²) in [5.41, 5.74) is 3.77. The van der Waals surface area contributed by atoms with Crippen LogP contribution < -0.4 is 5.32 Å². The monoisotopic (exact) mass is 328 g/mol. The van der Waals surface area contributed by atoms with E-state index >= 15 is 0 Å². The van der Waals surface area contributed by atoms with Gasteiger partial charge in [0.2, 0.25) is 0 Å². The summed E-state index contributed by atoms with van der Waals surface area (Å²) >= 11 is 0. The van der Waals surface area contributed by atoms with E-state index in [9.17, 15) is 9.59 Å². The molecule has 128 valence electrons. The van der Waals surface area contributed by atoms with Crippen molar-refractivity contribution >= 4 is 11.9 Å². The van der Waals surface area contributed by atoms with Crippen LogP contribution in [0.5, 0.6) is 0 Å². The Morgan fingerprint density at radius 2 is 1.88 bits per heavy atom. The van der Waals surface area contributed by atoms with E-state index < -0.39 is 5.97 Å². The first-order valence-corrected chi connectivity index (χ1v) is 8.09. The van der Waals surface area contributed by atoms with Gasteiger partial charge in [0, 0.05) is 30.9 Å². The standard InChI is InChI=1S/C19H24N2O3/c1-13(9-18(22)23)11-20-19(24)17-10-14(2)21(15(17)3)12-16-7-5-4-6-8-16/h4-8,10,13H,9,11-12H2,1-3H3,(H,20,24)(H,22,23). The summed E-state index contributed by atoms with van der Waals surface area (Å²) in [6, 6.07) is 12.0. The summed E-state index contributed by atoms with van der Waals surface area (Å²) in [4.78, 5) is 23.1. The molecule has 1 aromatic heterocycles. The Labute approximate surface area is 142 Å². The summed E-state index contributed by atoms with van der Waals surface area (Å²) in [5, 5.41) is 11.6. The molecule has 2 rings (SSSR count). The number of amides is 1. The zero-order valence-electron chi connectivity index (χ0n) is 14.4. The number of aryl methyl sites for hydroxylation is 1. The van der Waals surface area contributed by atoms with E-state index in [2.05, 4.69) is 22.0 Å². The first kappa shape index (κ1) is 17.8. The van der Waals surface area contributed by atoms with Crippen LogP contribution in [0.2, 0.25) is 0 Å². The van der Waals surface area contributed by atoms with E-state index in [1.54, 1.807) is 0 Å². The van der Waals surface area contributed by atoms with Crippen molar-refractivity contribution in [2.75, 3.05) is 6.54 Å². The van der Waals surface area contributed by atoms with Gasteiger partial charge in [-0.1, -0.05) is 37.3 Å². The van der Waals surface area contributed by atoms with Gasteiger partial charge >= 0.3 is 5.97 Å². The van der Waals surface area contributed by atoms with Crippen LogP contribution in [0, 0.1) is 19.8 Å². The Kier molecular flexibility index (Phi) is 5.79. The Hall–Kier alpha value is -2.56. The molecule has 2 N–H and O–H groups in total. The number of aliphatic carboxylic acids is 1. The minimum atomic E-state index is -0.849. The number of rotatable bonds is 7. The molecule has 0 saturated carbocycles. The van der Waals surface area contributed by atoms with E-state index in [-0.39, 0.29) is 18.2 Å². The van der Waals surface area contributed by atoms with E-state index in [1.807, 2.05) is 45.0 Å². The van der Waals surface area contributed by atoms with Crippen molar-refractivity contribution in [3.63, 3.8) is 0 Å². The fourth-order valence-corrected chi connectivity index (χ4v) is 2.77. The van der Waals surface area contributed by atoms with Crippen molar-refractivity contribution in [2.45, 2.75) is 33.7 Å². The van der Waals surface area contributed by atoms with Gasteiger partial charge in [-0.2, -0.15) is 0 Å². The summed E-state index contributed by atoms with van der Waals surface area (Å²) in [5.74, 6) is -1.10. The lowest BCUT2D eigenvalue weighted by molar-refractivity contribution is -0.137. The number of carbonyl (C=O) groups is 2. The van der Waals surface area contributed by atoms with Crippen molar-refractivity contribution in [1.29, 1.82) is 0 Å². The van der Waals surface area contributed by atoms with Crippen LogP contribution in [0.3, 0.4) is 0 Å². The van der Waals surface area contributed by atoms with E-state index in [0.717, 1.165) is 17.9 Å². The smallest absolute Gasteiger partial charge is 0.303 e. The second kappa shape index (κ2) is 7.81. The average molecular weight is 328 g/mol. The van der Waals surface area contributed by atoms with E-state index in [0.29, 0.717) is 12.1 Å². The van der Waals surface area contributed by atoms with Gasteiger partial charge in [0.15, 0.2) is 0 Å². The lowest BCUT2D eigenvalue weighted by Crippen LogP contribution is -2.29. The van der Waals surface area contributed by atoms with Crippen LogP contribution in [-0.4, -0.2) is 28.1 Å². The molecule has 1 heterocycles. The second-order valence-electron chi connectivity index (χ2n) is 6.27. The highest BCUT2D eigenvalue weighted by Crippen LogP contribution is 2.17. The van der Waals surface area contributed by atoms with Crippen LogP contribution in [0.15, 0.2) is 36.4 Å². The van der Waals surface area contributed by atoms with Gasteiger partial charge in [-0.15, -0.1) is 0 Å². The van der Waals surface area contributed by atoms with Crippen LogP contribution in [0.4, 0.5) is 0 Å². The Bertz CT molecular complexity index is 720. The minimum absolute atomic E-state index is 0.0489. The number of hydrogen-bond donors (Lipinski definition) is 2. The molecule has 0 aliphatic rings. The molecular weight excluding hydrogens is 304 g/mol. The predicted octanol–water partition coefficient (Wildman–Crippen LogP) is 2.99. The number of carboxylic acids is 1. The van der Waals surface area contributed by atoms with Gasteiger partial charge < -0.3 is 15.0 Å². The highest BCUT2D eigenvalue weighted by Gasteiger charge is 2.17. The SMILES string of the molecule is Cc1cc(C(=O)NCC(C)CC(=O)O)c(C)n1Cc1ccccc1. The molecule has 2 aromatic rings. The third-order valence-electron chi connectivity index (χ3n) is 4.14. The number of carbonyl (C=O) groups excluding carboxylic acids is 1. The maximum atomic E-state index is 12.4. The topological polar surface area (TPSA) is 71.3 Å². The molecule has 0 aliphatic carbocycles. The summed E-state index contributed by atoms with van der Waals surface area (Å²) in [6.07, 6.45) is 0.0489. The zero-order valence-corrected chi connectivity index (χ0v) is 14.4. The molecular formula is C19H24N2O3. The molecule has 0 fully saturated rings. The number of hydrogen-bond acceptors (Lipinski definition) is 2. The summed E-state index contributed by atoms with van der Waals surface area (Å²) in [7, 11) is 0. The molecule has 0 bridgehead atoms. The fraction of sp³-hybridized carbons (Fsp3) is 0.368. The quantitative estimate of drug-likeness (QED) is 0.821.